The van der Waals surface area contributed by atoms with Gasteiger partial charge in [0.1, 0.15) is 11.4 Å². The maximum atomic E-state index is 13.2. The van der Waals surface area contributed by atoms with E-state index in [1.165, 1.54) is 0 Å². The molecule has 1 saturated heterocycles. The molecule has 164 valence electrons. The number of rotatable bonds is 5. The zero-order valence-electron chi connectivity index (χ0n) is 17.8. The van der Waals surface area contributed by atoms with E-state index in [0.29, 0.717) is 22.4 Å². The Hall–Kier alpha value is -2.56. The lowest BCUT2D eigenvalue weighted by Crippen LogP contribution is -2.54. The number of anilines is 1. The minimum Gasteiger partial charge on any atom is -0.365 e. The second-order valence-electron chi connectivity index (χ2n) is 9.00. The highest BCUT2D eigenvalue weighted by molar-refractivity contribution is 7.89. The van der Waals surface area contributed by atoms with Crippen LogP contribution in [0.1, 0.15) is 33.6 Å². The molecule has 31 heavy (non-hydrogen) atoms. The van der Waals surface area contributed by atoms with Gasteiger partial charge < -0.3 is 14.7 Å². The maximum absolute atomic E-state index is 13.2. The number of aromatic nitrogens is 3. The fraction of sp³-hybridized carbons (Fsp3) is 0.476. The fourth-order valence-corrected chi connectivity index (χ4v) is 5.71. The van der Waals surface area contributed by atoms with Crippen molar-refractivity contribution in [2.24, 2.45) is 0 Å². The summed E-state index contributed by atoms with van der Waals surface area (Å²) in [4.78, 5) is 2.37. The number of sulfonamides is 1. The minimum atomic E-state index is -3.71. The van der Waals surface area contributed by atoms with Gasteiger partial charge in [-0.15, -0.1) is 5.10 Å². The van der Waals surface area contributed by atoms with Gasteiger partial charge in [0.25, 0.3) is 0 Å². The first-order valence-corrected chi connectivity index (χ1v) is 12.0. The molecule has 5 rings (SSSR count). The summed E-state index contributed by atoms with van der Waals surface area (Å²) in [6.07, 6.45) is 3.26. The molecule has 1 aliphatic heterocycles. The summed E-state index contributed by atoms with van der Waals surface area (Å²) in [7, 11) is -3.71. The van der Waals surface area contributed by atoms with E-state index < -0.39 is 10.0 Å². The van der Waals surface area contributed by atoms with Crippen molar-refractivity contribution in [1.82, 2.24) is 25.4 Å². The molecular weight excluding hydrogens is 416 g/mol. The number of fused-ring (bicyclic) bond motifs is 1. The first kappa shape index (κ1) is 20.3. The quantitative estimate of drug-likeness (QED) is 0.619. The Kier molecular flexibility index (Phi) is 4.76. The average Bonchev–Trinajstić information content (AvgIpc) is 3.27. The number of benzene rings is 1. The van der Waals surface area contributed by atoms with Crippen LogP contribution in [0.2, 0.25) is 0 Å². The van der Waals surface area contributed by atoms with Crippen LogP contribution in [0.3, 0.4) is 0 Å². The second-order valence-corrected chi connectivity index (χ2v) is 10.7. The van der Waals surface area contributed by atoms with Gasteiger partial charge in [-0.3, -0.25) is 0 Å². The van der Waals surface area contributed by atoms with E-state index >= 15 is 0 Å². The normalized spacial score (nSPS) is 23.3. The average molecular weight is 443 g/mol. The molecule has 2 atom stereocenters. The van der Waals surface area contributed by atoms with E-state index in [9.17, 15) is 8.42 Å². The molecule has 0 radical (unpaired) electrons. The summed E-state index contributed by atoms with van der Waals surface area (Å²) in [5.41, 5.74) is 1.93. The van der Waals surface area contributed by atoms with Gasteiger partial charge in [0.05, 0.1) is 16.0 Å². The Morgan fingerprint density at radius 2 is 1.97 bits per heavy atom. The van der Waals surface area contributed by atoms with Crippen molar-refractivity contribution in [3.63, 3.8) is 0 Å². The molecule has 0 spiro atoms. The lowest BCUT2D eigenvalue weighted by atomic mass is 10.1. The Labute approximate surface area is 181 Å². The maximum Gasteiger partial charge on any atom is 0.241 e. The monoisotopic (exact) mass is 442 g/mol. The van der Waals surface area contributed by atoms with Crippen LogP contribution >= 0.6 is 0 Å². The zero-order valence-corrected chi connectivity index (χ0v) is 18.6. The third kappa shape index (κ3) is 3.90. The predicted molar refractivity (Wildman–Crippen MR) is 117 cm³/mol. The molecule has 1 aromatic carbocycles. The van der Waals surface area contributed by atoms with Crippen LogP contribution in [0.4, 0.5) is 5.69 Å². The highest BCUT2D eigenvalue weighted by Gasteiger charge is 2.41. The smallest absolute Gasteiger partial charge is 0.241 e. The largest absolute Gasteiger partial charge is 0.365 e. The van der Waals surface area contributed by atoms with Crippen LogP contribution < -0.4 is 14.9 Å². The third-order valence-corrected chi connectivity index (χ3v) is 7.55. The molecule has 2 fully saturated rings. The van der Waals surface area contributed by atoms with Gasteiger partial charge in [0, 0.05) is 36.9 Å². The Morgan fingerprint density at radius 1 is 1.23 bits per heavy atom. The third-order valence-electron chi connectivity index (χ3n) is 5.93. The van der Waals surface area contributed by atoms with Crippen molar-refractivity contribution < 1.29 is 12.9 Å². The summed E-state index contributed by atoms with van der Waals surface area (Å²) in [6.45, 7) is 7.61. The van der Waals surface area contributed by atoms with Crippen LogP contribution in [0.25, 0.3) is 22.4 Å². The highest BCUT2D eigenvalue weighted by atomic mass is 32.2. The molecule has 3 heterocycles. The van der Waals surface area contributed by atoms with Crippen LogP contribution in [0.15, 0.2) is 39.9 Å². The Morgan fingerprint density at radius 3 is 2.61 bits per heavy atom. The molecule has 0 amide bonds. The number of piperazine rings is 1. The van der Waals surface area contributed by atoms with Gasteiger partial charge in [-0.25, -0.2) is 13.1 Å². The topological polar surface area (TPSA) is 113 Å². The summed E-state index contributed by atoms with van der Waals surface area (Å²) in [5.74, 6) is 0. The van der Waals surface area contributed by atoms with Crippen LogP contribution in [0.5, 0.6) is 0 Å². The molecule has 3 aromatic rings. The fourth-order valence-electron chi connectivity index (χ4n) is 4.20. The van der Waals surface area contributed by atoms with Crippen LogP contribution in [-0.4, -0.2) is 54.5 Å². The first-order valence-electron chi connectivity index (χ1n) is 10.5. The number of hydrogen-bond acceptors (Lipinski definition) is 8. The van der Waals surface area contributed by atoms with E-state index in [-0.39, 0.29) is 22.5 Å². The van der Waals surface area contributed by atoms with Crippen molar-refractivity contribution in [2.45, 2.75) is 56.1 Å². The summed E-state index contributed by atoms with van der Waals surface area (Å²) in [6, 6.07) is 7.38. The Bertz CT molecular complexity index is 1210. The molecule has 0 unspecified atom stereocenters. The minimum absolute atomic E-state index is 0.204. The predicted octanol–water partition coefficient (Wildman–Crippen LogP) is 2.30. The van der Waals surface area contributed by atoms with E-state index in [1.54, 1.807) is 30.5 Å². The lowest BCUT2D eigenvalue weighted by Gasteiger charge is -2.37. The van der Waals surface area contributed by atoms with E-state index in [2.05, 4.69) is 44.1 Å². The van der Waals surface area contributed by atoms with Crippen molar-refractivity contribution in [3.8, 4) is 11.4 Å². The molecule has 10 heteroatoms. The number of hydrogen-bond donors (Lipinski definition) is 2. The molecule has 9 nitrogen and oxygen atoms in total. The van der Waals surface area contributed by atoms with Gasteiger partial charge in [-0.05, 0) is 57.9 Å². The number of nitrogens with zero attached hydrogens (tertiary/aromatic N) is 4. The van der Waals surface area contributed by atoms with Gasteiger partial charge in [-0.2, -0.15) is 5.10 Å². The molecule has 0 bridgehead atoms. The van der Waals surface area contributed by atoms with Crippen molar-refractivity contribution in [2.75, 3.05) is 18.0 Å². The molecule has 2 aliphatic rings. The summed E-state index contributed by atoms with van der Waals surface area (Å²) >= 11 is 0. The molecule has 1 aliphatic carbocycles. The highest BCUT2D eigenvalue weighted by Crippen LogP contribution is 2.39. The Balaban J connectivity index is 1.68. The summed E-state index contributed by atoms with van der Waals surface area (Å²) in [5, 5.41) is 16.4. The van der Waals surface area contributed by atoms with Gasteiger partial charge in [-0.1, -0.05) is 5.16 Å². The van der Waals surface area contributed by atoms with Crippen molar-refractivity contribution in [1.29, 1.82) is 0 Å². The van der Waals surface area contributed by atoms with Gasteiger partial charge in [0.2, 0.25) is 10.0 Å². The summed E-state index contributed by atoms with van der Waals surface area (Å²) < 4.78 is 35.1. The molecule has 2 aromatic heterocycles. The SMILES string of the molecule is C[C@H]1CN(c2cc(S(=O)(=O)NC3(C)CC3)cc3c(-c4cccnn4)noc23)C[C@H](C)N1. The van der Waals surface area contributed by atoms with E-state index in [0.717, 1.165) is 31.6 Å². The number of nitrogens with one attached hydrogen (secondary N) is 2. The lowest BCUT2D eigenvalue weighted by molar-refractivity contribution is 0.404. The van der Waals surface area contributed by atoms with Crippen molar-refractivity contribution >= 4 is 26.7 Å². The van der Waals surface area contributed by atoms with Gasteiger partial charge in [0.15, 0.2) is 5.58 Å². The van der Waals surface area contributed by atoms with E-state index in [4.69, 9.17) is 4.52 Å². The van der Waals surface area contributed by atoms with E-state index in [1.807, 2.05) is 6.92 Å². The second kappa shape index (κ2) is 7.25. The molecule has 1 saturated carbocycles. The first-order chi connectivity index (χ1) is 14.7. The van der Waals surface area contributed by atoms with Crippen LogP contribution in [-0.2, 0) is 10.0 Å². The van der Waals surface area contributed by atoms with Gasteiger partial charge >= 0.3 is 0 Å². The van der Waals surface area contributed by atoms with Crippen molar-refractivity contribution in [3.05, 3.63) is 30.5 Å². The standard InChI is InChI=1S/C21H26N6O3S/c1-13-11-27(12-14(2)23-13)18-10-15(31(28,29)26-21(3)6-7-21)9-16-19(25-30-20(16)18)17-5-4-8-22-24-17/h4-5,8-10,13-14,23,26H,6-7,11-12H2,1-3H3/t13-,14-/m0/s1. The molecular formula is C21H26N6O3S. The van der Waals surface area contributed by atoms with Crippen LogP contribution in [0, 0.1) is 0 Å². The molecule has 2 N–H and O–H groups in total. The zero-order chi connectivity index (χ0) is 21.8.